The molecule has 24 heavy (non-hydrogen) atoms. The van der Waals surface area contributed by atoms with Crippen molar-refractivity contribution in [3.63, 3.8) is 0 Å². The number of benzene rings is 2. The molecular weight excluding hydrogens is 296 g/mol. The Kier molecular flexibility index (Phi) is 6.42. The summed E-state index contributed by atoms with van der Waals surface area (Å²) in [5, 5.41) is 0. The van der Waals surface area contributed by atoms with Crippen LogP contribution in [0.15, 0.2) is 48.5 Å². The molecule has 0 aromatic heterocycles. The highest BCUT2D eigenvalue weighted by Crippen LogP contribution is 2.30. The Hall–Kier alpha value is -2.29. The quantitative estimate of drug-likeness (QED) is 0.662. The van der Waals surface area contributed by atoms with Crippen molar-refractivity contribution in [3.8, 4) is 0 Å². The maximum atomic E-state index is 11.2. The van der Waals surface area contributed by atoms with Gasteiger partial charge in [-0.3, -0.25) is 4.79 Å². The second-order valence-corrected chi connectivity index (χ2v) is 6.81. The van der Waals surface area contributed by atoms with Gasteiger partial charge in [-0.2, -0.15) is 0 Å². The van der Waals surface area contributed by atoms with Gasteiger partial charge in [0.15, 0.2) is 0 Å². The van der Waals surface area contributed by atoms with Gasteiger partial charge in [-0.05, 0) is 36.1 Å². The van der Waals surface area contributed by atoms with Crippen molar-refractivity contribution in [1.29, 1.82) is 0 Å². The highest BCUT2D eigenvalue weighted by Gasteiger charge is 2.13. The lowest BCUT2D eigenvalue weighted by atomic mass is 10.1. The summed E-state index contributed by atoms with van der Waals surface area (Å²) in [7, 11) is 4.20. The first kappa shape index (κ1) is 18.1. The van der Waals surface area contributed by atoms with Gasteiger partial charge in [0.2, 0.25) is 0 Å². The summed E-state index contributed by atoms with van der Waals surface area (Å²) in [5.41, 5.74) is 4.23. The van der Waals surface area contributed by atoms with Gasteiger partial charge in [-0.25, -0.2) is 0 Å². The molecule has 0 atom stereocenters. The number of hydrogen-bond acceptors (Lipinski definition) is 3. The summed E-state index contributed by atoms with van der Waals surface area (Å²) >= 11 is 0. The van der Waals surface area contributed by atoms with E-state index < -0.39 is 0 Å². The first-order chi connectivity index (χ1) is 11.5. The van der Waals surface area contributed by atoms with Crippen LogP contribution in [0.2, 0.25) is 0 Å². The van der Waals surface area contributed by atoms with Crippen LogP contribution in [-0.2, 0) is 6.54 Å². The minimum absolute atomic E-state index is 0.673. The highest BCUT2D eigenvalue weighted by atomic mass is 16.1. The van der Waals surface area contributed by atoms with Crippen LogP contribution in [0.25, 0.3) is 0 Å². The van der Waals surface area contributed by atoms with Crippen LogP contribution in [0, 0.1) is 5.92 Å². The van der Waals surface area contributed by atoms with Gasteiger partial charge in [-0.1, -0.05) is 44.2 Å². The van der Waals surface area contributed by atoms with E-state index in [2.05, 4.69) is 68.1 Å². The molecule has 0 aliphatic heterocycles. The van der Waals surface area contributed by atoms with E-state index in [1.165, 1.54) is 11.3 Å². The van der Waals surface area contributed by atoms with Gasteiger partial charge in [0.05, 0.1) is 11.4 Å². The minimum atomic E-state index is 0.673. The number of hydrogen-bond donors (Lipinski definition) is 0. The van der Waals surface area contributed by atoms with Crippen molar-refractivity contribution >= 4 is 17.7 Å². The summed E-state index contributed by atoms with van der Waals surface area (Å²) in [6, 6.07) is 16.3. The topological polar surface area (TPSA) is 23.6 Å². The lowest BCUT2D eigenvalue weighted by molar-refractivity contribution is 0.112. The molecule has 0 bridgehead atoms. The first-order valence-electron chi connectivity index (χ1n) is 8.56. The van der Waals surface area contributed by atoms with E-state index in [-0.39, 0.29) is 0 Å². The van der Waals surface area contributed by atoms with Crippen LogP contribution >= 0.6 is 0 Å². The van der Waals surface area contributed by atoms with E-state index in [0.29, 0.717) is 11.5 Å². The van der Waals surface area contributed by atoms with Gasteiger partial charge < -0.3 is 9.80 Å². The van der Waals surface area contributed by atoms with Crippen LogP contribution in [0.3, 0.4) is 0 Å². The molecule has 0 spiro atoms. The van der Waals surface area contributed by atoms with Crippen molar-refractivity contribution < 1.29 is 4.79 Å². The fraction of sp³-hybridized carbons (Fsp3) is 0.381. The Morgan fingerprint density at radius 1 is 0.958 bits per heavy atom. The van der Waals surface area contributed by atoms with Crippen molar-refractivity contribution in [3.05, 3.63) is 59.7 Å². The molecular formula is C21H28N2O. The molecule has 0 amide bonds. The second-order valence-electron chi connectivity index (χ2n) is 6.81. The zero-order chi connectivity index (χ0) is 17.5. The zero-order valence-corrected chi connectivity index (χ0v) is 15.2. The molecule has 3 nitrogen and oxygen atoms in total. The Morgan fingerprint density at radius 3 is 2.29 bits per heavy atom. The highest BCUT2D eigenvalue weighted by molar-refractivity contribution is 5.82. The van der Waals surface area contributed by atoms with Crippen LogP contribution in [0.4, 0.5) is 11.4 Å². The van der Waals surface area contributed by atoms with E-state index in [9.17, 15) is 4.79 Å². The third kappa shape index (κ3) is 4.85. The molecule has 0 saturated carbocycles. The number of aldehydes is 1. The van der Waals surface area contributed by atoms with Crippen LogP contribution in [-0.4, -0.2) is 26.9 Å². The molecule has 0 unspecified atom stereocenters. The summed E-state index contributed by atoms with van der Waals surface area (Å²) < 4.78 is 0. The molecule has 0 N–H and O–H groups in total. The Labute approximate surface area is 145 Å². The Bertz CT molecular complexity index is 652. The van der Waals surface area contributed by atoms with E-state index in [4.69, 9.17) is 0 Å². The molecule has 2 aromatic carbocycles. The third-order valence-corrected chi connectivity index (χ3v) is 4.26. The fourth-order valence-electron chi connectivity index (χ4n) is 2.76. The molecule has 2 rings (SSSR count). The lowest BCUT2D eigenvalue weighted by Crippen LogP contribution is -2.24. The largest absolute Gasteiger partial charge is 0.373 e. The summed E-state index contributed by atoms with van der Waals surface area (Å²) in [5.74, 6) is 0.673. The molecule has 0 aliphatic carbocycles. The average Bonchev–Trinajstić information content (AvgIpc) is 2.59. The number of carbonyl (C=O) groups is 1. The van der Waals surface area contributed by atoms with Crippen LogP contribution in [0.5, 0.6) is 0 Å². The number of nitrogens with zero attached hydrogens (tertiary/aromatic N) is 2. The monoisotopic (exact) mass is 324 g/mol. The molecule has 0 aliphatic rings. The predicted octanol–water partition coefficient (Wildman–Crippen LogP) is 4.62. The number of carbonyl (C=O) groups excluding carboxylic acids is 1. The zero-order valence-electron chi connectivity index (χ0n) is 15.2. The normalized spacial score (nSPS) is 10.7. The van der Waals surface area contributed by atoms with Crippen molar-refractivity contribution in [2.75, 3.05) is 30.4 Å². The second kappa shape index (κ2) is 8.53. The van der Waals surface area contributed by atoms with E-state index in [1.807, 2.05) is 18.2 Å². The summed E-state index contributed by atoms with van der Waals surface area (Å²) in [6.07, 6.45) is 2.06. The summed E-state index contributed by atoms with van der Waals surface area (Å²) in [4.78, 5) is 15.7. The minimum Gasteiger partial charge on any atom is -0.373 e. The van der Waals surface area contributed by atoms with E-state index >= 15 is 0 Å². The van der Waals surface area contributed by atoms with Crippen molar-refractivity contribution in [2.45, 2.75) is 26.8 Å². The molecule has 3 heteroatoms. The van der Waals surface area contributed by atoms with Gasteiger partial charge >= 0.3 is 0 Å². The van der Waals surface area contributed by atoms with Crippen LogP contribution in [0.1, 0.15) is 36.2 Å². The molecule has 2 aromatic rings. The summed E-state index contributed by atoms with van der Waals surface area (Å²) in [6.45, 7) is 6.30. The van der Waals surface area contributed by atoms with Gasteiger partial charge in [0.25, 0.3) is 0 Å². The fourth-order valence-corrected chi connectivity index (χ4v) is 2.76. The Morgan fingerprint density at radius 2 is 1.67 bits per heavy atom. The predicted molar refractivity (Wildman–Crippen MR) is 103 cm³/mol. The van der Waals surface area contributed by atoms with Gasteiger partial charge in [-0.15, -0.1) is 0 Å². The van der Waals surface area contributed by atoms with Gasteiger partial charge in [0, 0.05) is 32.7 Å². The Balaban J connectivity index is 2.26. The van der Waals surface area contributed by atoms with Crippen molar-refractivity contribution in [1.82, 2.24) is 0 Å². The van der Waals surface area contributed by atoms with E-state index in [0.717, 1.165) is 31.5 Å². The van der Waals surface area contributed by atoms with Crippen LogP contribution < -0.4 is 9.80 Å². The SMILES string of the molecule is CC(C)CCN(C)c1ccc(C=O)cc1N(C)Cc1ccccc1. The number of rotatable bonds is 8. The lowest BCUT2D eigenvalue weighted by Gasteiger charge is -2.29. The average molecular weight is 324 g/mol. The maximum Gasteiger partial charge on any atom is 0.150 e. The van der Waals surface area contributed by atoms with E-state index in [1.54, 1.807) is 0 Å². The molecule has 128 valence electrons. The van der Waals surface area contributed by atoms with Gasteiger partial charge in [0.1, 0.15) is 6.29 Å². The molecule has 0 heterocycles. The molecule has 0 radical (unpaired) electrons. The maximum absolute atomic E-state index is 11.2. The molecule has 0 fully saturated rings. The standard InChI is InChI=1S/C21H28N2O/c1-17(2)12-13-22(3)20-11-10-19(16-24)14-21(20)23(4)15-18-8-6-5-7-9-18/h5-11,14,16-17H,12-13,15H2,1-4H3. The molecule has 0 saturated heterocycles. The smallest absolute Gasteiger partial charge is 0.150 e. The first-order valence-corrected chi connectivity index (χ1v) is 8.56. The third-order valence-electron chi connectivity index (χ3n) is 4.26. The van der Waals surface area contributed by atoms with Crippen molar-refractivity contribution in [2.24, 2.45) is 5.92 Å². The number of anilines is 2.